The van der Waals surface area contributed by atoms with Gasteiger partial charge in [0, 0.05) is 25.0 Å². The summed E-state index contributed by atoms with van der Waals surface area (Å²) in [5, 5.41) is 7.14. The molecule has 0 aliphatic carbocycles. The molecule has 2 aromatic rings. The number of likely N-dealkylation sites (tertiary alicyclic amines) is 1. The fourth-order valence-corrected chi connectivity index (χ4v) is 3.62. The Labute approximate surface area is 136 Å². The van der Waals surface area contributed by atoms with Crippen LogP contribution in [0.5, 0.6) is 11.5 Å². The number of rotatable bonds is 4. The highest BCUT2D eigenvalue weighted by Gasteiger charge is 2.21. The number of H-pyrrole nitrogens is 1. The van der Waals surface area contributed by atoms with Crippen molar-refractivity contribution in [1.82, 2.24) is 15.1 Å². The minimum Gasteiger partial charge on any atom is -0.486 e. The zero-order chi connectivity index (χ0) is 15.5. The van der Waals surface area contributed by atoms with E-state index in [1.165, 1.54) is 30.6 Å². The van der Waals surface area contributed by atoms with Gasteiger partial charge < -0.3 is 9.47 Å². The van der Waals surface area contributed by atoms with Crippen LogP contribution in [0.15, 0.2) is 30.5 Å². The number of benzene rings is 1. The van der Waals surface area contributed by atoms with Gasteiger partial charge in [-0.15, -0.1) is 0 Å². The monoisotopic (exact) mass is 313 g/mol. The van der Waals surface area contributed by atoms with Crippen LogP contribution in [0.25, 0.3) is 0 Å². The first-order chi connectivity index (χ1) is 11.4. The number of nitrogens with zero attached hydrogens (tertiary/aromatic N) is 2. The molecule has 1 atom stereocenters. The van der Waals surface area contributed by atoms with E-state index in [2.05, 4.69) is 33.3 Å². The molecule has 0 unspecified atom stereocenters. The van der Waals surface area contributed by atoms with E-state index in [4.69, 9.17) is 9.47 Å². The predicted molar refractivity (Wildman–Crippen MR) is 87.7 cm³/mol. The van der Waals surface area contributed by atoms with E-state index >= 15 is 0 Å². The lowest BCUT2D eigenvalue weighted by Crippen LogP contribution is -2.35. The Hall–Kier alpha value is -2.01. The lowest BCUT2D eigenvalue weighted by Gasteiger charge is -2.32. The smallest absolute Gasteiger partial charge is 0.161 e. The van der Waals surface area contributed by atoms with Crippen LogP contribution in [0.2, 0.25) is 0 Å². The molecule has 1 aromatic carbocycles. The molecule has 1 fully saturated rings. The molecule has 0 bridgehead atoms. The third kappa shape index (κ3) is 3.50. The topological polar surface area (TPSA) is 50.4 Å². The second-order valence-corrected chi connectivity index (χ2v) is 6.51. The first kappa shape index (κ1) is 14.6. The summed E-state index contributed by atoms with van der Waals surface area (Å²) in [6.07, 6.45) is 5.50. The highest BCUT2D eigenvalue weighted by atomic mass is 16.6. The number of ether oxygens (including phenoxy) is 2. The van der Waals surface area contributed by atoms with Crippen LogP contribution >= 0.6 is 0 Å². The summed E-state index contributed by atoms with van der Waals surface area (Å²) in [6.45, 7) is 4.59. The van der Waals surface area contributed by atoms with Crippen molar-refractivity contribution in [2.24, 2.45) is 5.92 Å². The van der Waals surface area contributed by atoms with Gasteiger partial charge in [0.25, 0.3) is 0 Å². The van der Waals surface area contributed by atoms with Gasteiger partial charge in [-0.3, -0.25) is 10.00 Å². The second kappa shape index (κ2) is 6.62. The third-order valence-electron chi connectivity index (χ3n) is 4.68. The number of fused-ring (bicyclic) bond motifs is 1. The SMILES string of the molecule is c1cc(C[C@H]2CCCN(Cc3ccc4c(c3)OCCO4)C2)[nH]n1. The third-order valence-corrected chi connectivity index (χ3v) is 4.68. The lowest BCUT2D eigenvalue weighted by molar-refractivity contribution is 0.162. The maximum atomic E-state index is 5.69. The molecule has 4 rings (SSSR count). The van der Waals surface area contributed by atoms with Gasteiger partial charge in [-0.25, -0.2) is 0 Å². The molecule has 23 heavy (non-hydrogen) atoms. The first-order valence-electron chi connectivity index (χ1n) is 8.46. The van der Waals surface area contributed by atoms with Crippen LogP contribution in [-0.2, 0) is 13.0 Å². The van der Waals surface area contributed by atoms with Crippen LogP contribution < -0.4 is 9.47 Å². The Kier molecular flexibility index (Phi) is 4.20. The number of hydrogen-bond acceptors (Lipinski definition) is 4. The quantitative estimate of drug-likeness (QED) is 0.943. The molecule has 0 radical (unpaired) electrons. The van der Waals surface area contributed by atoms with Crippen molar-refractivity contribution in [2.45, 2.75) is 25.8 Å². The van der Waals surface area contributed by atoms with E-state index in [1.54, 1.807) is 0 Å². The van der Waals surface area contributed by atoms with E-state index < -0.39 is 0 Å². The van der Waals surface area contributed by atoms with E-state index in [0.717, 1.165) is 31.0 Å². The average Bonchev–Trinajstić information content (AvgIpc) is 3.08. The van der Waals surface area contributed by atoms with Gasteiger partial charge in [0.15, 0.2) is 11.5 Å². The predicted octanol–water partition coefficient (Wildman–Crippen LogP) is 2.64. The van der Waals surface area contributed by atoms with Crippen LogP contribution in [0, 0.1) is 5.92 Å². The van der Waals surface area contributed by atoms with E-state index in [-0.39, 0.29) is 0 Å². The molecule has 2 aliphatic rings. The van der Waals surface area contributed by atoms with Gasteiger partial charge >= 0.3 is 0 Å². The van der Waals surface area contributed by atoms with Crippen LogP contribution in [0.3, 0.4) is 0 Å². The van der Waals surface area contributed by atoms with Gasteiger partial charge in [-0.1, -0.05) is 6.07 Å². The Morgan fingerprint density at radius 3 is 2.96 bits per heavy atom. The summed E-state index contributed by atoms with van der Waals surface area (Å²) < 4.78 is 11.3. The molecule has 2 aliphatic heterocycles. The summed E-state index contributed by atoms with van der Waals surface area (Å²) in [5.74, 6) is 2.47. The number of piperidine rings is 1. The molecule has 122 valence electrons. The summed E-state index contributed by atoms with van der Waals surface area (Å²) in [4.78, 5) is 2.55. The molecule has 0 spiro atoms. The number of aromatic nitrogens is 2. The van der Waals surface area contributed by atoms with Crippen molar-refractivity contribution in [3.63, 3.8) is 0 Å². The van der Waals surface area contributed by atoms with Crippen molar-refractivity contribution >= 4 is 0 Å². The maximum absolute atomic E-state index is 5.69. The van der Waals surface area contributed by atoms with Gasteiger partial charge in [0.05, 0.1) is 0 Å². The Bertz CT molecular complexity index is 642. The van der Waals surface area contributed by atoms with E-state index in [1.807, 2.05) is 12.3 Å². The molecule has 5 nitrogen and oxygen atoms in total. The fourth-order valence-electron chi connectivity index (χ4n) is 3.62. The van der Waals surface area contributed by atoms with Crippen molar-refractivity contribution < 1.29 is 9.47 Å². The molecule has 1 saturated heterocycles. The Balaban J connectivity index is 1.38. The Morgan fingerprint density at radius 1 is 1.17 bits per heavy atom. The molecular formula is C18H23N3O2. The molecule has 3 heterocycles. The van der Waals surface area contributed by atoms with Crippen molar-refractivity contribution in [3.05, 3.63) is 41.7 Å². The molecule has 5 heteroatoms. The maximum Gasteiger partial charge on any atom is 0.161 e. The molecule has 1 aromatic heterocycles. The standard InChI is InChI=1S/C18H23N3O2/c1-2-14(10-16-5-6-19-20-16)12-21(7-1)13-15-3-4-17-18(11-15)23-9-8-22-17/h3-6,11,14H,1-2,7-10,12-13H2,(H,19,20)/t14-/m1/s1. The largest absolute Gasteiger partial charge is 0.486 e. The van der Waals surface area contributed by atoms with Gasteiger partial charge in [0.2, 0.25) is 0 Å². The highest BCUT2D eigenvalue weighted by molar-refractivity contribution is 5.43. The van der Waals surface area contributed by atoms with Crippen molar-refractivity contribution in [2.75, 3.05) is 26.3 Å². The zero-order valence-electron chi connectivity index (χ0n) is 13.3. The minimum absolute atomic E-state index is 0.645. The summed E-state index contributed by atoms with van der Waals surface area (Å²) in [7, 11) is 0. The van der Waals surface area contributed by atoms with E-state index in [9.17, 15) is 0 Å². The van der Waals surface area contributed by atoms with Crippen LogP contribution in [-0.4, -0.2) is 41.4 Å². The van der Waals surface area contributed by atoms with Gasteiger partial charge in [0.1, 0.15) is 13.2 Å². The molecular weight excluding hydrogens is 290 g/mol. The number of aromatic amines is 1. The summed E-state index contributed by atoms with van der Waals surface area (Å²) >= 11 is 0. The lowest BCUT2D eigenvalue weighted by atomic mass is 9.93. The average molecular weight is 313 g/mol. The first-order valence-corrected chi connectivity index (χ1v) is 8.46. The van der Waals surface area contributed by atoms with Crippen molar-refractivity contribution in [1.29, 1.82) is 0 Å². The second-order valence-electron chi connectivity index (χ2n) is 6.51. The minimum atomic E-state index is 0.645. The zero-order valence-corrected chi connectivity index (χ0v) is 13.3. The normalized spacial score (nSPS) is 21.3. The number of nitrogens with one attached hydrogen (secondary N) is 1. The van der Waals surface area contributed by atoms with Crippen molar-refractivity contribution in [3.8, 4) is 11.5 Å². The summed E-state index contributed by atoms with van der Waals surface area (Å²) in [6, 6.07) is 8.41. The Morgan fingerprint density at radius 2 is 2.09 bits per heavy atom. The van der Waals surface area contributed by atoms with E-state index in [0.29, 0.717) is 19.1 Å². The molecule has 0 saturated carbocycles. The van der Waals surface area contributed by atoms with Crippen LogP contribution in [0.1, 0.15) is 24.1 Å². The molecule has 1 N–H and O–H groups in total. The van der Waals surface area contributed by atoms with Gasteiger partial charge in [-0.05, 0) is 55.5 Å². The molecule has 0 amide bonds. The fraction of sp³-hybridized carbons (Fsp3) is 0.500. The highest BCUT2D eigenvalue weighted by Crippen LogP contribution is 2.31. The van der Waals surface area contributed by atoms with Gasteiger partial charge in [-0.2, -0.15) is 5.10 Å². The summed E-state index contributed by atoms with van der Waals surface area (Å²) in [5.41, 5.74) is 2.55. The number of hydrogen-bond donors (Lipinski definition) is 1. The van der Waals surface area contributed by atoms with Crippen LogP contribution in [0.4, 0.5) is 0 Å².